The third kappa shape index (κ3) is 6.73. The number of alkyl halides is 3. The quantitative estimate of drug-likeness (QED) is 0.460. The van der Waals surface area contributed by atoms with Gasteiger partial charge in [0.25, 0.3) is 5.91 Å². The molecule has 11 heteroatoms. The van der Waals surface area contributed by atoms with Gasteiger partial charge in [-0.25, -0.2) is 4.99 Å². The summed E-state index contributed by atoms with van der Waals surface area (Å²) in [5.74, 6) is -6.15. The first-order valence-electron chi connectivity index (χ1n) is 11.6. The number of para-hydroxylation sites is 1. The lowest BCUT2D eigenvalue weighted by molar-refractivity contribution is -0.153. The topological polar surface area (TPSA) is 132 Å². The van der Waals surface area contributed by atoms with Crippen LogP contribution >= 0.6 is 0 Å². The maximum absolute atomic E-state index is 13.2. The molecular weight excluding hydrogens is 489 g/mol. The number of benzodiazepines with no additional fused rings is 1. The Balaban J connectivity index is 2.02. The fourth-order valence-corrected chi connectivity index (χ4v) is 4.23. The molecule has 37 heavy (non-hydrogen) atoms. The Morgan fingerprint density at radius 2 is 1.84 bits per heavy atom. The molecule has 3 atom stereocenters. The van der Waals surface area contributed by atoms with E-state index in [1.165, 1.54) is 6.07 Å². The fourth-order valence-electron chi connectivity index (χ4n) is 4.23. The van der Waals surface area contributed by atoms with E-state index < -0.39 is 54.8 Å². The molecule has 0 aromatic heterocycles. The molecule has 1 aliphatic rings. The lowest BCUT2D eigenvalue weighted by atomic mass is 9.84. The maximum Gasteiger partial charge on any atom is 0.389 e. The number of rotatable bonds is 9. The number of nitrogens with one attached hydrogen (secondary N) is 2. The highest BCUT2D eigenvalue weighted by molar-refractivity contribution is 6.20. The van der Waals surface area contributed by atoms with E-state index in [0.717, 1.165) is 0 Å². The van der Waals surface area contributed by atoms with Gasteiger partial charge in [-0.1, -0.05) is 55.8 Å². The van der Waals surface area contributed by atoms with Crippen molar-refractivity contribution in [2.45, 2.75) is 44.9 Å². The average molecular weight is 515 g/mol. The van der Waals surface area contributed by atoms with Crippen LogP contribution in [0.15, 0.2) is 53.5 Å². The van der Waals surface area contributed by atoms with Crippen molar-refractivity contribution >= 4 is 29.2 Å². The van der Waals surface area contributed by atoms with Crippen LogP contribution in [0.2, 0.25) is 0 Å². The number of carboxylic acids is 1. The van der Waals surface area contributed by atoms with E-state index >= 15 is 0 Å². The van der Waals surface area contributed by atoms with Gasteiger partial charge in [-0.15, -0.1) is 0 Å². The molecule has 0 radical (unpaired) electrons. The average Bonchev–Trinajstić information content (AvgIpc) is 2.99. The molecule has 0 fully saturated rings. The second kappa shape index (κ2) is 11.7. The number of aliphatic carboxylic acids is 1. The van der Waals surface area contributed by atoms with Crippen molar-refractivity contribution in [1.29, 1.82) is 5.26 Å². The number of nitrogens with zero attached hydrogens (tertiary/aromatic N) is 2. The van der Waals surface area contributed by atoms with Crippen LogP contribution in [0.3, 0.4) is 0 Å². The standard InChI is InChI=1S/C26H25F3N4O4/c1-2-7-18(25(36)37)17(12-13-26(27,28)29)23(34)33-22-24(35)32-21-16(14-30)10-6-11-19(21)20(31-22)15-8-4-3-5-9-15/h3-6,8-11,17-18,22H,2,7,12-13H2,1H3,(H,32,35)(H,33,34)(H,36,37)/t17-,18+,22?/m1/s1. The van der Waals surface area contributed by atoms with Crippen LogP contribution in [0.25, 0.3) is 0 Å². The van der Waals surface area contributed by atoms with Crippen LogP contribution in [-0.4, -0.2) is 40.9 Å². The largest absolute Gasteiger partial charge is 0.481 e. The van der Waals surface area contributed by atoms with Crippen molar-refractivity contribution < 1.29 is 32.7 Å². The number of halogens is 3. The smallest absolute Gasteiger partial charge is 0.389 e. The summed E-state index contributed by atoms with van der Waals surface area (Å²) in [7, 11) is 0. The van der Waals surface area contributed by atoms with E-state index in [1.807, 2.05) is 6.07 Å². The van der Waals surface area contributed by atoms with Gasteiger partial charge in [-0.2, -0.15) is 18.4 Å². The molecule has 0 aliphatic carbocycles. The van der Waals surface area contributed by atoms with E-state index in [9.17, 15) is 37.9 Å². The second-order valence-corrected chi connectivity index (χ2v) is 8.58. The first-order chi connectivity index (χ1) is 17.6. The van der Waals surface area contributed by atoms with Gasteiger partial charge in [0.05, 0.1) is 28.8 Å². The third-order valence-electron chi connectivity index (χ3n) is 6.00. The number of nitriles is 1. The highest BCUT2D eigenvalue weighted by Crippen LogP contribution is 2.31. The van der Waals surface area contributed by atoms with Gasteiger partial charge < -0.3 is 15.7 Å². The van der Waals surface area contributed by atoms with E-state index in [2.05, 4.69) is 15.6 Å². The van der Waals surface area contributed by atoms with E-state index in [0.29, 0.717) is 17.5 Å². The molecule has 3 N–H and O–H groups in total. The van der Waals surface area contributed by atoms with Crippen molar-refractivity contribution in [1.82, 2.24) is 5.32 Å². The molecule has 0 bridgehead atoms. The summed E-state index contributed by atoms with van der Waals surface area (Å²) in [6.45, 7) is 1.66. The number of carbonyl (C=O) groups excluding carboxylic acids is 2. The van der Waals surface area contributed by atoms with Crippen molar-refractivity contribution in [2.24, 2.45) is 16.8 Å². The number of carboxylic acid groups (broad SMARTS) is 1. The number of hydrogen-bond acceptors (Lipinski definition) is 5. The van der Waals surface area contributed by atoms with Crippen molar-refractivity contribution in [3.63, 3.8) is 0 Å². The molecule has 2 amide bonds. The first kappa shape index (κ1) is 27.4. The lowest BCUT2D eigenvalue weighted by Crippen LogP contribution is -2.47. The SMILES string of the molecule is CCC[C@H](C(=O)O)[C@@H](CCC(F)(F)F)C(=O)NC1N=C(c2ccccc2)c2cccc(C#N)c2NC1=O. The number of carbonyl (C=O) groups is 3. The first-order valence-corrected chi connectivity index (χ1v) is 11.6. The number of benzene rings is 2. The van der Waals surface area contributed by atoms with Gasteiger partial charge >= 0.3 is 12.1 Å². The van der Waals surface area contributed by atoms with E-state index in [1.54, 1.807) is 49.4 Å². The minimum Gasteiger partial charge on any atom is -0.481 e. The molecule has 194 valence electrons. The lowest BCUT2D eigenvalue weighted by Gasteiger charge is -2.25. The molecule has 2 aromatic carbocycles. The predicted molar refractivity (Wildman–Crippen MR) is 129 cm³/mol. The van der Waals surface area contributed by atoms with Crippen molar-refractivity contribution in [3.8, 4) is 6.07 Å². The normalized spacial score (nSPS) is 16.8. The van der Waals surface area contributed by atoms with Crippen LogP contribution in [0, 0.1) is 23.2 Å². The third-order valence-corrected chi connectivity index (χ3v) is 6.00. The zero-order chi connectivity index (χ0) is 27.2. The number of amides is 2. The Morgan fingerprint density at radius 3 is 2.43 bits per heavy atom. The number of hydrogen-bond donors (Lipinski definition) is 3. The summed E-state index contributed by atoms with van der Waals surface area (Å²) in [4.78, 5) is 42.5. The number of aliphatic imine (C=N–C) groups is 1. The summed E-state index contributed by atoms with van der Waals surface area (Å²) < 4.78 is 38.9. The molecule has 0 saturated carbocycles. The molecule has 8 nitrogen and oxygen atoms in total. The van der Waals surface area contributed by atoms with Gasteiger partial charge in [-0.05, 0) is 18.9 Å². The van der Waals surface area contributed by atoms with Crippen molar-refractivity contribution in [3.05, 3.63) is 65.2 Å². The van der Waals surface area contributed by atoms with Gasteiger partial charge in [0.1, 0.15) is 6.07 Å². The minimum absolute atomic E-state index is 0.0162. The van der Waals surface area contributed by atoms with Gasteiger partial charge in [0.15, 0.2) is 0 Å². The van der Waals surface area contributed by atoms with Gasteiger partial charge in [0.2, 0.25) is 12.1 Å². The summed E-state index contributed by atoms with van der Waals surface area (Å²) in [5, 5.41) is 24.1. The number of anilines is 1. The Bertz CT molecular complexity index is 1240. The molecule has 0 saturated heterocycles. The van der Waals surface area contributed by atoms with Crippen LogP contribution in [0.1, 0.15) is 49.3 Å². The number of fused-ring (bicyclic) bond motifs is 1. The molecule has 2 aromatic rings. The zero-order valence-corrected chi connectivity index (χ0v) is 19.9. The minimum atomic E-state index is -4.60. The van der Waals surface area contributed by atoms with Gasteiger partial charge in [-0.3, -0.25) is 14.4 Å². The Kier molecular flexibility index (Phi) is 8.65. The predicted octanol–water partition coefficient (Wildman–Crippen LogP) is 4.25. The molecule has 1 aliphatic heterocycles. The van der Waals surface area contributed by atoms with Gasteiger partial charge in [0, 0.05) is 17.5 Å². The summed E-state index contributed by atoms with van der Waals surface area (Å²) >= 11 is 0. The van der Waals surface area contributed by atoms with Crippen LogP contribution in [0.5, 0.6) is 0 Å². The maximum atomic E-state index is 13.2. The molecule has 1 heterocycles. The van der Waals surface area contributed by atoms with E-state index in [4.69, 9.17) is 0 Å². The Morgan fingerprint density at radius 1 is 1.14 bits per heavy atom. The monoisotopic (exact) mass is 514 g/mol. The summed E-state index contributed by atoms with van der Waals surface area (Å²) in [6, 6.07) is 15.4. The Labute approximate surface area is 211 Å². The highest BCUT2D eigenvalue weighted by Gasteiger charge is 2.39. The Hall–Kier alpha value is -4.20. The molecule has 0 spiro atoms. The fraction of sp³-hybridized carbons (Fsp3) is 0.346. The summed E-state index contributed by atoms with van der Waals surface area (Å²) in [5.41, 5.74) is 1.58. The molecule has 1 unspecified atom stereocenters. The van der Waals surface area contributed by atoms with Crippen LogP contribution in [-0.2, 0) is 14.4 Å². The van der Waals surface area contributed by atoms with E-state index in [-0.39, 0.29) is 23.4 Å². The molecular formula is C26H25F3N4O4. The van der Waals surface area contributed by atoms with Crippen LogP contribution < -0.4 is 10.6 Å². The van der Waals surface area contributed by atoms with Crippen molar-refractivity contribution in [2.75, 3.05) is 5.32 Å². The highest BCUT2D eigenvalue weighted by atomic mass is 19.4. The zero-order valence-electron chi connectivity index (χ0n) is 19.9. The summed E-state index contributed by atoms with van der Waals surface area (Å²) in [6.07, 6.45) is -7.97. The second-order valence-electron chi connectivity index (χ2n) is 8.58. The van der Waals surface area contributed by atoms with Crippen LogP contribution in [0.4, 0.5) is 18.9 Å². The molecule has 3 rings (SSSR count).